The first-order valence-electron chi connectivity index (χ1n) is 10.9. The van der Waals surface area contributed by atoms with Crippen LogP contribution in [0.15, 0.2) is 36.4 Å². The molecule has 0 saturated heterocycles. The fourth-order valence-electron chi connectivity index (χ4n) is 4.28. The zero-order valence-electron chi connectivity index (χ0n) is 19.0. The lowest BCUT2D eigenvalue weighted by Gasteiger charge is -2.36. The molecule has 0 spiro atoms. The van der Waals surface area contributed by atoms with E-state index in [9.17, 15) is 35.5 Å². The van der Waals surface area contributed by atoms with E-state index >= 15 is 0 Å². The molecule has 2 aromatic carbocycles. The maximum absolute atomic E-state index is 14.4. The summed E-state index contributed by atoms with van der Waals surface area (Å²) < 4.78 is 96.0. The summed E-state index contributed by atoms with van der Waals surface area (Å²) in [6.07, 6.45) is -5.64. The van der Waals surface area contributed by atoms with Gasteiger partial charge in [0.25, 0.3) is 0 Å². The molecule has 2 heterocycles. The van der Waals surface area contributed by atoms with Gasteiger partial charge < -0.3 is 15.2 Å². The summed E-state index contributed by atoms with van der Waals surface area (Å²) >= 11 is 0. The van der Waals surface area contributed by atoms with Crippen molar-refractivity contribution in [2.75, 3.05) is 6.54 Å². The van der Waals surface area contributed by atoms with Gasteiger partial charge in [0.2, 0.25) is 11.7 Å². The van der Waals surface area contributed by atoms with E-state index in [0.29, 0.717) is 12.1 Å². The minimum absolute atomic E-state index is 0. The van der Waals surface area contributed by atoms with Crippen LogP contribution in [0.5, 0.6) is 0 Å². The molecule has 1 aromatic heterocycles. The second kappa shape index (κ2) is 11.1. The van der Waals surface area contributed by atoms with Crippen molar-refractivity contribution in [3.8, 4) is 0 Å². The maximum Gasteiger partial charge on any atom is 0.451 e. The van der Waals surface area contributed by atoms with Crippen LogP contribution in [-0.4, -0.2) is 38.2 Å². The molecule has 2 N–H and O–H groups in total. The van der Waals surface area contributed by atoms with Crippen molar-refractivity contribution in [1.29, 1.82) is 0 Å². The molecule has 1 aliphatic heterocycles. The van der Waals surface area contributed by atoms with Crippen LogP contribution in [0.25, 0.3) is 0 Å². The average molecular weight is 552 g/mol. The van der Waals surface area contributed by atoms with Crippen molar-refractivity contribution in [3.63, 3.8) is 0 Å². The van der Waals surface area contributed by atoms with E-state index in [-0.39, 0.29) is 61.7 Å². The third-order valence-corrected chi connectivity index (χ3v) is 5.97. The summed E-state index contributed by atoms with van der Waals surface area (Å²) in [7, 11) is 0. The molecule has 14 heteroatoms. The molecule has 3 aromatic rings. The Bertz CT molecular complexity index is 1280. The summed E-state index contributed by atoms with van der Waals surface area (Å²) in [6, 6.07) is 4.54. The lowest BCUT2D eigenvalue weighted by atomic mass is 9.99. The Morgan fingerprint density at radius 3 is 2.32 bits per heavy atom. The topological polar surface area (TPSA) is 77.0 Å². The smallest absolute Gasteiger partial charge is 0.330 e. The first-order valence-corrected chi connectivity index (χ1v) is 10.9. The molecular weight excluding hydrogens is 531 g/mol. The lowest BCUT2D eigenvalue weighted by molar-refractivity contribution is -0.148. The number of nitrogens with two attached hydrogens (primary N) is 1. The Labute approximate surface area is 212 Å². The largest absolute Gasteiger partial charge is 0.451 e. The molecule has 0 bridgehead atoms. The van der Waals surface area contributed by atoms with Crippen molar-refractivity contribution >= 4 is 18.3 Å². The number of alkyl halides is 3. The Morgan fingerprint density at radius 1 is 0.973 bits per heavy atom. The van der Waals surface area contributed by atoms with Crippen molar-refractivity contribution in [2.45, 2.75) is 44.1 Å². The molecule has 200 valence electrons. The highest BCUT2D eigenvalue weighted by Crippen LogP contribution is 2.35. The minimum Gasteiger partial charge on any atom is -0.330 e. The number of carbonyl (C=O) groups excluding carboxylic acids is 1. The van der Waals surface area contributed by atoms with Gasteiger partial charge in [0.15, 0.2) is 17.5 Å². The van der Waals surface area contributed by atoms with Crippen molar-refractivity contribution < 1.29 is 35.5 Å². The third-order valence-electron chi connectivity index (χ3n) is 5.97. The predicted octanol–water partition coefficient (Wildman–Crippen LogP) is 4.36. The second-order valence-electron chi connectivity index (χ2n) is 8.46. The number of nitrogens with zero attached hydrogens (tertiary/aromatic N) is 4. The molecule has 0 aliphatic carbocycles. The van der Waals surface area contributed by atoms with Crippen LogP contribution in [0, 0.1) is 23.3 Å². The molecule has 2 atom stereocenters. The van der Waals surface area contributed by atoms with Gasteiger partial charge in [-0.3, -0.25) is 4.79 Å². The van der Waals surface area contributed by atoms with Gasteiger partial charge in [0, 0.05) is 38.0 Å². The Hall–Kier alpha value is -3.19. The fourth-order valence-corrected chi connectivity index (χ4v) is 4.28. The number of hydrogen-bond donors (Lipinski definition) is 1. The summed E-state index contributed by atoms with van der Waals surface area (Å²) in [4.78, 5) is 14.4. The second-order valence-corrected chi connectivity index (χ2v) is 8.46. The van der Waals surface area contributed by atoms with Crippen LogP contribution >= 0.6 is 12.4 Å². The Balaban J connectivity index is 0.00000380. The maximum atomic E-state index is 14.4. The van der Waals surface area contributed by atoms with Crippen LogP contribution in [0.3, 0.4) is 0 Å². The van der Waals surface area contributed by atoms with Crippen LogP contribution in [-0.2, 0) is 30.4 Å². The number of benzene rings is 2. The monoisotopic (exact) mass is 551 g/mol. The van der Waals surface area contributed by atoms with Crippen LogP contribution in [0.1, 0.15) is 35.2 Å². The minimum atomic E-state index is -4.78. The molecule has 1 amide bonds. The average Bonchev–Trinajstić information content (AvgIpc) is 3.24. The Morgan fingerprint density at radius 2 is 1.65 bits per heavy atom. The molecule has 0 fully saturated rings. The van der Waals surface area contributed by atoms with E-state index in [1.54, 1.807) is 6.07 Å². The molecule has 0 saturated carbocycles. The number of rotatable bonds is 6. The highest BCUT2D eigenvalue weighted by Gasteiger charge is 2.43. The van der Waals surface area contributed by atoms with Gasteiger partial charge in [-0.1, -0.05) is 18.2 Å². The number of hydrogen-bond acceptors (Lipinski definition) is 4. The van der Waals surface area contributed by atoms with Gasteiger partial charge in [-0.05, 0) is 29.7 Å². The molecular formula is C23H21ClF7N5O. The van der Waals surface area contributed by atoms with Crippen LogP contribution < -0.4 is 5.73 Å². The number of carbonyl (C=O) groups is 1. The summed E-state index contributed by atoms with van der Waals surface area (Å²) in [5, 5.41) is 6.90. The highest BCUT2D eigenvalue weighted by atomic mass is 35.5. The zero-order chi connectivity index (χ0) is 26.2. The molecule has 6 nitrogen and oxygen atoms in total. The van der Waals surface area contributed by atoms with E-state index in [1.165, 1.54) is 23.1 Å². The lowest BCUT2D eigenvalue weighted by Crippen LogP contribution is -2.46. The molecule has 0 radical (unpaired) electrons. The van der Waals surface area contributed by atoms with Gasteiger partial charge in [0.1, 0.15) is 11.6 Å². The Kier molecular flexibility index (Phi) is 8.48. The van der Waals surface area contributed by atoms with Crippen molar-refractivity contribution in [1.82, 2.24) is 19.7 Å². The quantitative estimate of drug-likeness (QED) is 0.365. The molecule has 0 unspecified atom stereocenters. The molecule has 37 heavy (non-hydrogen) atoms. The van der Waals surface area contributed by atoms with E-state index in [1.807, 2.05) is 0 Å². The predicted molar refractivity (Wildman–Crippen MR) is 119 cm³/mol. The zero-order valence-corrected chi connectivity index (χ0v) is 19.8. The number of fused-ring (bicyclic) bond motifs is 1. The molecule has 4 rings (SSSR count). The SMILES string of the molecule is Cl.N[C@@H](CC(=O)N1CCn2c(nnc2C(F)(F)F)[C@@H]1Cc1ccccc1F)Cc1cc(F)c(F)cc1F. The van der Waals surface area contributed by atoms with Crippen LogP contribution in [0.4, 0.5) is 30.7 Å². The van der Waals surface area contributed by atoms with E-state index < -0.39 is 53.3 Å². The normalized spacial score (nSPS) is 16.2. The summed E-state index contributed by atoms with van der Waals surface area (Å²) in [5.41, 5.74) is 5.90. The van der Waals surface area contributed by atoms with E-state index in [2.05, 4.69) is 10.2 Å². The van der Waals surface area contributed by atoms with Crippen LogP contribution in [0.2, 0.25) is 0 Å². The summed E-state index contributed by atoms with van der Waals surface area (Å²) in [5.74, 6) is -6.27. The first kappa shape index (κ1) is 28.4. The van der Waals surface area contributed by atoms with Gasteiger partial charge in [0.05, 0.1) is 6.04 Å². The van der Waals surface area contributed by atoms with E-state index in [0.717, 1.165) is 4.57 Å². The van der Waals surface area contributed by atoms with Crippen molar-refractivity contribution in [3.05, 3.63) is 82.4 Å². The summed E-state index contributed by atoms with van der Waals surface area (Å²) in [6.45, 7) is -0.429. The first-order chi connectivity index (χ1) is 17.0. The highest BCUT2D eigenvalue weighted by molar-refractivity contribution is 5.85. The molecule has 1 aliphatic rings. The fraction of sp³-hybridized carbons (Fsp3) is 0.348. The van der Waals surface area contributed by atoms with Gasteiger partial charge >= 0.3 is 6.18 Å². The number of amides is 1. The third kappa shape index (κ3) is 6.04. The number of halogens is 8. The van der Waals surface area contributed by atoms with Crippen molar-refractivity contribution in [2.24, 2.45) is 5.73 Å². The van der Waals surface area contributed by atoms with Gasteiger partial charge in [-0.15, -0.1) is 22.6 Å². The standard InChI is InChI=1S/C23H20F7N5O.ClH/c24-15-4-2-1-3-12(15)9-19-21-32-33-22(23(28,29)30)35(21)6-5-34(19)20(36)10-14(31)7-13-8-17(26)18(27)11-16(13)25;/h1-4,8,11,14,19H,5-7,9-10,31H2;1H/t14-,19+;/m1./s1. The van der Waals surface area contributed by atoms with Gasteiger partial charge in [-0.25, -0.2) is 17.6 Å². The van der Waals surface area contributed by atoms with Gasteiger partial charge in [-0.2, -0.15) is 13.2 Å². The van der Waals surface area contributed by atoms with E-state index in [4.69, 9.17) is 5.73 Å². The number of aromatic nitrogens is 3.